The molecule has 0 aliphatic carbocycles. The zero-order valence-corrected chi connectivity index (χ0v) is 9.51. The van der Waals surface area contributed by atoms with E-state index in [9.17, 15) is 9.70 Å². The minimum atomic E-state index is -1.05. The number of nitrogens with zero attached hydrogens (tertiary/aromatic N) is 3. The number of hydrogen-bond donors (Lipinski definition) is 1. The lowest BCUT2D eigenvalue weighted by Crippen LogP contribution is -2.00. The van der Waals surface area contributed by atoms with E-state index in [1.807, 2.05) is 0 Å². The molecular weight excluding hydrogens is 278 g/mol. The maximum Gasteiger partial charge on any atom is 0.309 e. The molecule has 0 amide bonds. The highest BCUT2D eigenvalue weighted by atomic mass is 79.9. The van der Waals surface area contributed by atoms with Gasteiger partial charge in [0.2, 0.25) is 5.82 Å². The molecule has 2 heterocycles. The Bertz CT molecular complexity index is 579. The fourth-order valence-corrected chi connectivity index (χ4v) is 1.75. The summed E-state index contributed by atoms with van der Waals surface area (Å²) in [6.07, 6.45) is 1.30. The topological polar surface area (TPSA) is 84.0 Å². The van der Waals surface area contributed by atoms with Crippen LogP contribution in [-0.4, -0.2) is 20.5 Å². The number of hydrogen-bond acceptors (Lipinski definition) is 4. The monoisotopic (exact) mass is 283 g/mol. The van der Waals surface area contributed by atoms with Crippen LogP contribution in [0.3, 0.4) is 0 Å². The van der Waals surface area contributed by atoms with Crippen LogP contribution in [0, 0.1) is 4.91 Å². The van der Waals surface area contributed by atoms with Gasteiger partial charge in [0.25, 0.3) is 0 Å². The molecule has 2 aromatic rings. The summed E-state index contributed by atoms with van der Waals surface area (Å²) in [5.41, 5.74) is 0.662. The van der Waals surface area contributed by atoms with E-state index in [-0.39, 0.29) is 17.9 Å². The van der Waals surface area contributed by atoms with Crippen molar-refractivity contribution in [1.82, 2.24) is 9.38 Å². The van der Waals surface area contributed by atoms with Crippen molar-refractivity contribution in [3.05, 3.63) is 33.4 Å². The van der Waals surface area contributed by atoms with Crippen LogP contribution in [-0.2, 0) is 11.2 Å². The molecule has 6 nitrogen and oxygen atoms in total. The van der Waals surface area contributed by atoms with E-state index < -0.39 is 5.97 Å². The molecule has 0 bridgehead atoms. The molecule has 0 fully saturated rings. The van der Waals surface area contributed by atoms with Crippen LogP contribution >= 0.6 is 15.9 Å². The SMILES string of the molecule is O=Nc1c(CC(=O)O)nc2ccc(Br)cn12. The standard InChI is InChI=1S/C9H6BrN3O3/c10-5-1-2-7-11-6(3-8(14)15)9(12-16)13(7)4-5/h1-2,4H,3H2,(H,14,15). The van der Waals surface area contributed by atoms with Crippen molar-refractivity contribution < 1.29 is 9.90 Å². The maximum absolute atomic E-state index is 10.7. The molecule has 0 saturated heterocycles. The van der Waals surface area contributed by atoms with Crippen LogP contribution in [0.4, 0.5) is 5.82 Å². The van der Waals surface area contributed by atoms with Gasteiger partial charge in [-0.1, -0.05) is 0 Å². The van der Waals surface area contributed by atoms with Gasteiger partial charge in [0, 0.05) is 10.7 Å². The normalized spacial score (nSPS) is 10.6. The molecule has 0 aromatic carbocycles. The second kappa shape index (κ2) is 4.01. The number of pyridine rings is 1. The van der Waals surface area contributed by atoms with E-state index in [0.717, 1.165) is 4.47 Å². The molecule has 0 atom stereocenters. The van der Waals surface area contributed by atoms with Crippen LogP contribution in [0.25, 0.3) is 5.65 Å². The number of imidazole rings is 1. The van der Waals surface area contributed by atoms with Gasteiger partial charge < -0.3 is 5.11 Å². The first-order valence-corrected chi connectivity index (χ1v) is 5.12. The molecule has 2 aromatic heterocycles. The maximum atomic E-state index is 10.7. The Hall–Kier alpha value is -1.76. The van der Waals surface area contributed by atoms with Crippen LogP contribution in [0.1, 0.15) is 5.69 Å². The van der Waals surface area contributed by atoms with Gasteiger partial charge >= 0.3 is 5.97 Å². The minimum Gasteiger partial charge on any atom is -0.481 e. The zero-order chi connectivity index (χ0) is 11.7. The predicted octanol–water partition coefficient (Wildman–Crippen LogP) is 2.12. The van der Waals surface area contributed by atoms with Gasteiger partial charge in [-0.25, -0.2) is 4.98 Å². The number of halogens is 1. The fourth-order valence-electron chi connectivity index (χ4n) is 1.41. The second-order valence-electron chi connectivity index (χ2n) is 3.12. The summed E-state index contributed by atoms with van der Waals surface area (Å²) in [6, 6.07) is 3.42. The van der Waals surface area contributed by atoms with Gasteiger partial charge in [-0.15, -0.1) is 4.91 Å². The first-order valence-electron chi connectivity index (χ1n) is 4.33. The summed E-state index contributed by atoms with van der Waals surface area (Å²) in [4.78, 5) is 25.3. The summed E-state index contributed by atoms with van der Waals surface area (Å²) in [7, 11) is 0. The van der Waals surface area contributed by atoms with E-state index >= 15 is 0 Å². The number of aliphatic carboxylic acids is 1. The highest BCUT2D eigenvalue weighted by Crippen LogP contribution is 2.23. The van der Waals surface area contributed by atoms with Crippen molar-refractivity contribution in [2.24, 2.45) is 5.18 Å². The lowest BCUT2D eigenvalue weighted by atomic mass is 10.3. The summed E-state index contributed by atoms with van der Waals surface area (Å²) >= 11 is 3.25. The minimum absolute atomic E-state index is 0.0266. The number of carboxylic acid groups (broad SMARTS) is 1. The number of carbonyl (C=O) groups is 1. The van der Waals surface area contributed by atoms with Crippen molar-refractivity contribution in [3.8, 4) is 0 Å². The van der Waals surface area contributed by atoms with E-state index in [1.165, 1.54) is 4.40 Å². The van der Waals surface area contributed by atoms with Crippen LogP contribution in [0.2, 0.25) is 0 Å². The van der Waals surface area contributed by atoms with Crippen molar-refractivity contribution in [3.63, 3.8) is 0 Å². The first kappa shape index (κ1) is 10.7. The summed E-state index contributed by atoms with van der Waals surface area (Å²) in [5, 5.41) is 11.5. The molecular formula is C9H6BrN3O3. The van der Waals surface area contributed by atoms with E-state index in [4.69, 9.17) is 5.11 Å². The van der Waals surface area contributed by atoms with Crippen LogP contribution in [0.15, 0.2) is 28.0 Å². The highest BCUT2D eigenvalue weighted by Gasteiger charge is 2.15. The number of fused-ring (bicyclic) bond motifs is 1. The Balaban J connectivity index is 2.66. The Kier molecular flexibility index (Phi) is 2.69. The van der Waals surface area contributed by atoms with Crippen molar-refractivity contribution >= 4 is 33.4 Å². The summed E-state index contributed by atoms with van der Waals surface area (Å²) < 4.78 is 2.21. The quantitative estimate of drug-likeness (QED) is 0.875. The van der Waals surface area contributed by atoms with Crippen molar-refractivity contribution in [2.45, 2.75) is 6.42 Å². The molecule has 0 saturated carbocycles. The van der Waals surface area contributed by atoms with Gasteiger partial charge in [-0.05, 0) is 33.2 Å². The molecule has 82 valence electrons. The Labute approximate surface area is 98.0 Å². The van der Waals surface area contributed by atoms with Gasteiger partial charge in [-0.3, -0.25) is 9.20 Å². The molecule has 16 heavy (non-hydrogen) atoms. The fraction of sp³-hybridized carbons (Fsp3) is 0.111. The number of rotatable bonds is 3. The third-order valence-electron chi connectivity index (χ3n) is 2.03. The van der Waals surface area contributed by atoms with E-state index in [0.29, 0.717) is 5.65 Å². The molecule has 1 N–H and O–H groups in total. The molecule has 0 radical (unpaired) electrons. The average molecular weight is 284 g/mol. The van der Waals surface area contributed by atoms with Gasteiger partial charge in [-0.2, -0.15) is 0 Å². The highest BCUT2D eigenvalue weighted by molar-refractivity contribution is 9.10. The molecule has 2 rings (SSSR count). The molecule has 0 spiro atoms. The van der Waals surface area contributed by atoms with Crippen LogP contribution < -0.4 is 0 Å². The summed E-state index contributed by atoms with van der Waals surface area (Å²) in [6.45, 7) is 0. The third kappa shape index (κ3) is 1.81. The smallest absolute Gasteiger partial charge is 0.309 e. The van der Waals surface area contributed by atoms with Crippen LogP contribution in [0.5, 0.6) is 0 Å². The zero-order valence-electron chi connectivity index (χ0n) is 7.92. The van der Waals surface area contributed by atoms with Crippen molar-refractivity contribution in [1.29, 1.82) is 0 Å². The lowest BCUT2D eigenvalue weighted by molar-refractivity contribution is -0.136. The third-order valence-corrected chi connectivity index (χ3v) is 2.50. The van der Waals surface area contributed by atoms with Gasteiger partial charge in [0.05, 0.1) is 6.42 Å². The molecule has 0 aliphatic rings. The number of nitroso groups, excluding NO2 is 1. The van der Waals surface area contributed by atoms with E-state index in [1.54, 1.807) is 18.3 Å². The van der Waals surface area contributed by atoms with Gasteiger partial charge in [0.1, 0.15) is 11.3 Å². The second-order valence-corrected chi connectivity index (χ2v) is 4.04. The summed E-state index contributed by atoms with van der Waals surface area (Å²) in [5.74, 6) is -1.02. The Morgan fingerprint density at radius 3 is 2.94 bits per heavy atom. The van der Waals surface area contributed by atoms with Gasteiger partial charge in [0.15, 0.2) is 0 Å². The van der Waals surface area contributed by atoms with Crippen molar-refractivity contribution in [2.75, 3.05) is 0 Å². The first-order chi connectivity index (χ1) is 7.61. The Morgan fingerprint density at radius 1 is 1.56 bits per heavy atom. The predicted molar refractivity (Wildman–Crippen MR) is 59.7 cm³/mol. The number of carboxylic acids is 1. The largest absolute Gasteiger partial charge is 0.481 e. The number of aromatic nitrogens is 2. The molecule has 7 heteroatoms. The Morgan fingerprint density at radius 2 is 2.31 bits per heavy atom. The van der Waals surface area contributed by atoms with E-state index in [2.05, 4.69) is 26.1 Å². The lowest BCUT2D eigenvalue weighted by Gasteiger charge is -1.95. The molecule has 0 unspecified atom stereocenters. The molecule has 0 aliphatic heterocycles. The average Bonchev–Trinajstić information content (AvgIpc) is 2.53.